The van der Waals surface area contributed by atoms with Gasteiger partial charge in [-0.2, -0.15) is 13.2 Å². The second kappa shape index (κ2) is 6.25. The van der Waals surface area contributed by atoms with Crippen molar-refractivity contribution in [3.8, 4) is 0 Å². The lowest BCUT2D eigenvalue weighted by atomic mass is 10.1. The SMILES string of the molecule is O=[N+]([O-])c1ccc(NCC2CCN(CC(F)(F)F)C2)nc1. The number of hydrogen-bond acceptors (Lipinski definition) is 5. The highest BCUT2D eigenvalue weighted by molar-refractivity contribution is 5.40. The molecule has 1 atom stereocenters. The first kappa shape index (κ1) is 15.5. The zero-order valence-corrected chi connectivity index (χ0v) is 11.1. The minimum absolute atomic E-state index is 0.0993. The first-order valence-corrected chi connectivity index (χ1v) is 6.47. The van der Waals surface area contributed by atoms with Gasteiger partial charge in [0.1, 0.15) is 12.0 Å². The minimum Gasteiger partial charge on any atom is -0.370 e. The Morgan fingerprint density at radius 3 is 2.81 bits per heavy atom. The summed E-state index contributed by atoms with van der Waals surface area (Å²) in [6.45, 7) is 0.442. The van der Waals surface area contributed by atoms with Gasteiger partial charge in [-0.1, -0.05) is 0 Å². The smallest absolute Gasteiger partial charge is 0.370 e. The van der Waals surface area contributed by atoms with E-state index >= 15 is 0 Å². The van der Waals surface area contributed by atoms with Crippen LogP contribution in [-0.4, -0.2) is 47.2 Å². The molecular formula is C12H15F3N4O2. The molecule has 21 heavy (non-hydrogen) atoms. The molecule has 1 aliphatic heterocycles. The molecule has 0 saturated carbocycles. The van der Waals surface area contributed by atoms with Crippen LogP contribution in [0.15, 0.2) is 18.3 Å². The van der Waals surface area contributed by atoms with Crippen LogP contribution in [0.25, 0.3) is 0 Å². The number of nitro groups is 1. The molecule has 9 heteroatoms. The van der Waals surface area contributed by atoms with E-state index in [1.165, 1.54) is 17.0 Å². The molecule has 0 aliphatic carbocycles. The Bertz CT molecular complexity index is 492. The number of pyridine rings is 1. The van der Waals surface area contributed by atoms with Gasteiger partial charge < -0.3 is 5.32 Å². The summed E-state index contributed by atoms with van der Waals surface area (Å²) in [5.41, 5.74) is -0.0993. The van der Waals surface area contributed by atoms with Gasteiger partial charge in [0.25, 0.3) is 5.69 Å². The zero-order chi connectivity index (χ0) is 15.5. The standard InChI is InChI=1S/C12H15F3N4O2/c13-12(14,15)8-18-4-3-9(7-18)5-16-11-2-1-10(6-17-11)19(20)21/h1-2,6,9H,3-5,7-8H2,(H,16,17). The average molecular weight is 304 g/mol. The fourth-order valence-electron chi connectivity index (χ4n) is 2.32. The van der Waals surface area contributed by atoms with Crippen LogP contribution in [0.1, 0.15) is 6.42 Å². The molecule has 0 spiro atoms. The number of rotatable bonds is 5. The van der Waals surface area contributed by atoms with Gasteiger partial charge in [-0.25, -0.2) is 4.98 Å². The Balaban J connectivity index is 1.78. The third kappa shape index (κ3) is 4.85. The average Bonchev–Trinajstić information content (AvgIpc) is 2.82. The molecule has 1 aromatic heterocycles. The van der Waals surface area contributed by atoms with Gasteiger partial charge in [0.2, 0.25) is 0 Å². The monoisotopic (exact) mass is 304 g/mol. The van der Waals surface area contributed by atoms with Crippen molar-refractivity contribution in [2.45, 2.75) is 12.6 Å². The van der Waals surface area contributed by atoms with Gasteiger partial charge in [0.05, 0.1) is 11.5 Å². The Hall–Kier alpha value is -1.90. The van der Waals surface area contributed by atoms with Crippen LogP contribution in [0, 0.1) is 16.0 Å². The van der Waals surface area contributed by atoms with Crippen molar-refractivity contribution >= 4 is 11.5 Å². The molecule has 1 unspecified atom stereocenters. The fourth-order valence-corrected chi connectivity index (χ4v) is 2.32. The van der Waals surface area contributed by atoms with E-state index in [2.05, 4.69) is 10.3 Å². The second-order valence-corrected chi connectivity index (χ2v) is 5.04. The van der Waals surface area contributed by atoms with Crippen LogP contribution < -0.4 is 5.32 Å². The van der Waals surface area contributed by atoms with Gasteiger partial charge in [-0.05, 0) is 24.9 Å². The van der Waals surface area contributed by atoms with Gasteiger partial charge in [0.15, 0.2) is 0 Å². The summed E-state index contributed by atoms with van der Waals surface area (Å²) in [4.78, 5) is 15.2. The van der Waals surface area contributed by atoms with Crippen LogP contribution in [0.4, 0.5) is 24.7 Å². The lowest BCUT2D eigenvalue weighted by molar-refractivity contribution is -0.385. The van der Waals surface area contributed by atoms with Crippen molar-refractivity contribution in [1.29, 1.82) is 0 Å². The van der Waals surface area contributed by atoms with E-state index < -0.39 is 17.6 Å². The minimum atomic E-state index is -4.16. The molecule has 6 nitrogen and oxygen atoms in total. The van der Waals surface area contributed by atoms with E-state index in [4.69, 9.17) is 0 Å². The molecule has 1 fully saturated rings. The first-order chi connectivity index (χ1) is 9.83. The molecule has 116 valence electrons. The third-order valence-electron chi connectivity index (χ3n) is 3.30. The lowest BCUT2D eigenvalue weighted by Gasteiger charge is -2.18. The van der Waals surface area contributed by atoms with Gasteiger partial charge >= 0.3 is 6.18 Å². The third-order valence-corrected chi connectivity index (χ3v) is 3.30. The number of hydrogen-bond donors (Lipinski definition) is 1. The van der Waals surface area contributed by atoms with Crippen LogP contribution in [0.5, 0.6) is 0 Å². The highest BCUT2D eigenvalue weighted by Crippen LogP contribution is 2.23. The molecular weight excluding hydrogens is 289 g/mol. The van der Waals surface area contributed by atoms with E-state index in [9.17, 15) is 23.3 Å². The number of likely N-dealkylation sites (tertiary alicyclic amines) is 1. The summed E-state index contributed by atoms with van der Waals surface area (Å²) in [6.07, 6.45) is -2.33. The summed E-state index contributed by atoms with van der Waals surface area (Å²) in [5.74, 6) is 0.596. The largest absolute Gasteiger partial charge is 0.401 e. The Morgan fingerprint density at radius 2 is 2.24 bits per heavy atom. The number of alkyl halides is 3. The number of anilines is 1. The van der Waals surface area contributed by atoms with E-state index in [1.54, 1.807) is 0 Å². The lowest BCUT2D eigenvalue weighted by Crippen LogP contribution is -2.33. The topological polar surface area (TPSA) is 71.3 Å². The van der Waals surface area contributed by atoms with Crippen molar-refractivity contribution in [1.82, 2.24) is 9.88 Å². The Kier molecular flexibility index (Phi) is 4.61. The zero-order valence-electron chi connectivity index (χ0n) is 11.1. The first-order valence-electron chi connectivity index (χ1n) is 6.47. The normalized spacial score (nSPS) is 19.7. The number of aromatic nitrogens is 1. The molecule has 0 amide bonds. The van der Waals surface area contributed by atoms with Gasteiger partial charge in [-0.15, -0.1) is 0 Å². The van der Waals surface area contributed by atoms with Crippen molar-refractivity contribution in [3.05, 3.63) is 28.4 Å². The molecule has 1 aliphatic rings. The molecule has 0 radical (unpaired) electrons. The Labute approximate surface area is 119 Å². The van der Waals surface area contributed by atoms with Crippen molar-refractivity contribution in [2.75, 3.05) is 31.5 Å². The highest BCUT2D eigenvalue weighted by Gasteiger charge is 2.34. The Morgan fingerprint density at radius 1 is 1.48 bits per heavy atom. The molecule has 0 bridgehead atoms. The molecule has 1 saturated heterocycles. The summed E-state index contributed by atoms with van der Waals surface area (Å²) < 4.78 is 36.8. The van der Waals surface area contributed by atoms with E-state index in [-0.39, 0.29) is 11.6 Å². The predicted molar refractivity (Wildman–Crippen MR) is 70.0 cm³/mol. The number of nitrogens with one attached hydrogen (secondary N) is 1. The maximum absolute atomic E-state index is 12.3. The maximum atomic E-state index is 12.3. The fraction of sp³-hybridized carbons (Fsp3) is 0.583. The predicted octanol–water partition coefficient (Wildman–Crippen LogP) is 2.29. The van der Waals surface area contributed by atoms with E-state index in [0.29, 0.717) is 31.9 Å². The molecule has 2 heterocycles. The van der Waals surface area contributed by atoms with Crippen molar-refractivity contribution in [3.63, 3.8) is 0 Å². The highest BCUT2D eigenvalue weighted by atomic mass is 19.4. The van der Waals surface area contributed by atoms with Crippen molar-refractivity contribution in [2.24, 2.45) is 5.92 Å². The molecule has 1 aromatic rings. The maximum Gasteiger partial charge on any atom is 0.401 e. The van der Waals surface area contributed by atoms with Gasteiger partial charge in [0, 0.05) is 19.2 Å². The van der Waals surface area contributed by atoms with Gasteiger partial charge in [-0.3, -0.25) is 15.0 Å². The van der Waals surface area contributed by atoms with E-state index in [1.807, 2.05) is 0 Å². The molecule has 0 aromatic carbocycles. The molecule has 2 rings (SSSR count). The summed E-state index contributed by atoms with van der Waals surface area (Å²) in [6, 6.07) is 2.82. The van der Waals surface area contributed by atoms with Crippen LogP contribution in [-0.2, 0) is 0 Å². The van der Waals surface area contributed by atoms with Crippen molar-refractivity contribution < 1.29 is 18.1 Å². The second-order valence-electron chi connectivity index (χ2n) is 5.04. The number of nitrogens with zero attached hydrogens (tertiary/aromatic N) is 3. The summed E-state index contributed by atoms with van der Waals surface area (Å²) >= 11 is 0. The summed E-state index contributed by atoms with van der Waals surface area (Å²) in [5, 5.41) is 13.5. The summed E-state index contributed by atoms with van der Waals surface area (Å²) in [7, 11) is 0. The number of halogens is 3. The van der Waals surface area contributed by atoms with Crippen LogP contribution in [0.2, 0.25) is 0 Å². The molecule has 1 N–H and O–H groups in total. The quantitative estimate of drug-likeness (QED) is 0.667. The van der Waals surface area contributed by atoms with Crippen LogP contribution in [0.3, 0.4) is 0 Å². The van der Waals surface area contributed by atoms with E-state index in [0.717, 1.165) is 6.20 Å². The van der Waals surface area contributed by atoms with Crippen LogP contribution >= 0.6 is 0 Å².